The maximum atomic E-state index is 11.2. The molecule has 1 aliphatic heterocycles. The molecule has 0 aromatic carbocycles. The molecular formula is C10H19N3OS. The number of aliphatic imine (C=N–C) groups is 1. The summed E-state index contributed by atoms with van der Waals surface area (Å²) in [6.07, 6.45) is 0. The molecule has 5 heteroatoms. The molecule has 4 nitrogen and oxygen atoms in total. The van der Waals surface area contributed by atoms with Crippen LogP contribution in [0.25, 0.3) is 0 Å². The Morgan fingerprint density at radius 1 is 1.67 bits per heavy atom. The van der Waals surface area contributed by atoms with Crippen molar-refractivity contribution in [1.82, 2.24) is 5.32 Å². The predicted molar refractivity (Wildman–Crippen MR) is 64.9 cm³/mol. The van der Waals surface area contributed by atoms with Crippen molar-refractivity contribution in [3.8, 4) is 0 Å². The number of amidine groups is 1. The Morgan fingerprint density at radius 2 is 2.33 bits per heavy atom. The third-order valence-corrected chi connectivity index (χ3v) is 3.56. The highest BCUT2D eigenvalue weighted by molar-refractivity contribution is 8.13. The highest BCUT2D eigenvalue weighted by Gasteiger charge is 2.22. The summed E-state index contributed by atoms with van der Waals surface area (Å²) in [6, 6.07) is -0.315. The van der Waals surface area contributed by atoms with E-state index in [0.29, 0.717) is 5.92 Å². The topological polar surface area (TPSA) is 67.5 Å². The number of nitrogens with two attached hydrogens (primary N) is 1. The number of primary amides is 1. The minimum absolute atomic E-state index is 0.185. The molecule has 15 heavy (non-hydrogen) atoms. The van der Waals surface area contributed by atoms with Gasteiger partial charge in [-0.3, -0.25) is 9.79 Å². The van der Waals surface area contributed by atoms with Gasteiger partial charge >= 0.3 is 0 Å². The van der Waals surface area contributed by atoms with Gasteiger partial charge in [0.2, 0.25) is 5.91 Å². The highest BCUT2D eigenvalue weighted by atomic mass is 32.2. The second-order valence-electron chi connectivity index (χ2n) is 4.33. The van der Waals surface area contributed by atoms with Crippen LogP contribution in [0.1, 0.15) is 20.8 Å². The fraction of sp³-hybridized carbons (Fsp3) is 0.800. The lowest BCUT2D eigenvalue weighted by molar-refractivity contribution is -0.120. The number of carbonyl (C=O) groups excluding carboxylic acids is 1. The third kappa shape index (κ3) is 3.74. The number of nitrogens with zero attached hydrogens (tertiary/aromatic N) is 1. The number of hydrogen-bond donors (Lipinski definition) is 2. The molecule has 0 radical (unpaired) electrons. The van der Waals surface area contributed by atoms with Gasteiger partial charge in [0.05, 0.1) is 0 Å². The summed E-state index contributed by atoms with van der Waals surface area (Å²) in [5.41, 5.74) is 5.32. The first-order valence-corrected chi connectivity index (χ1v) is 6.22. The van der Waals surface area contributed by atoms with Crippen LogP contribution in [0.3, 0.4) is 0 Å². The van der Waals surface area contributed by atoms with Crippen LogP contribution in [0.4, 0.5) is 0 Å². The fourth-order valence-electron chi connectivity index (χ4n) is 1.34. The van der Waals surface area contributed by atoms with Crippen LogP contribution in [-0.2, 0) is 4.79 Å². The zero-order valence-corrected chi connectivity index (χ0v) is 10.3. The van der Waals surface area contributed by atoms with Crippen molar-refractivity contribution in [2.24, 2.45) is 22.6 Å². The molecule has 2 atom stereocenters. The summed E-state index contributed by atoms with van der Waals surface area (Å²) < 4.78 is 0. The molecule has 1 amide bonds. The van der Waals surface area contributed by atoms with E-state index in [1.807, 2.05) is 13.8 Å². The average molecular weight is 229 g/mol. The van der Waals surface area contributed by atoms with E-state index in [9.17, 15) is 4.79 Å². The van der Waals surface area contributed by atoms with Gasteiger partial charge in [-0.05, 0) is 11.8 Å². The number of amides is 1. The van der Waals surface area contributed by atoms with Crippen molar-refractivity contribution in [3.05, 3.63) is 0 Å². The number of thioether (sulfide) groups is 1. The van der Waals surface area contributed by atoms with Crippen molar-refractivity contribution < 1.29 is 4.79 Å². The van der Waals surface area contributed by atoms with Crippen LogP contribution in [0, 0.1) is 11.8 Å². The molecule has 1 rings (SSSR count). The Hall–Kier alpha value is -0.710. The first-order valence-electron chi connectivity index (χ1n) is 5.23. The van der Waals surface area contributed by atoms with Gasteiger partial charge in [-0.15, -0.1) is 0 Å². The minimum Gasteiger partial charge on any atom is -0.368 e. The molecule has 0 bridgehead atoms. The summed E-state index contributed by atoms with van der Waals surface area (Å²) in [4.78, 5) is 15.6. The van der Waals surface area contributed by atoms with E-state index in [4.69, 9.17) is 5.73 Å². The van der Waals surface area contributed by atoms with Crippen LogP contribution < -0.4 is 11.1 Å². The van der Waals surface area contributed by atoms with Crippen molar-refractivity contribution >= 4 is 22.8 Å². The SMILES string of the molecule is CC1CN=C(NC(C(N)=O)C(C)C)SC1. The lowest BCUT2D eigenvalue weighted by atomic mass is 10.0. The molecule has 2 unspecified atom stereocenters. The molecule has 0 spiro atoms. The summed E-state index contributed by atoms with van der Waals surface area (Å²) in [6.45, 7) is 6.94. The minimum atomic E-state index is -0.315. The van der Waals surface area contributed by atoms with Crippen LogP contribution in [0.15, 0.2) is 4.99 Å². The largest absolute Gasteiger partial charge is 0.368 e. The van der Waals surface area contributed by atoms with Crippen LogP contribution >= 0.6 is 11.8 Å². The third-order valence-electron chi connectivity index (χ3n) is 2.30. The van der Waals surface area contributed by atoms with Crippen molar-refractivity contribution in [3.63, 3.8) is 0 Å². The van der Waals surface area contributed by atoms with Gasteiger partial charge in [0.25, 0.3) is 0 Å². The summed E-state index contributed by atoms with van der Waals surface area (Å²) in [5.74, 6) is 1.54. The van der Waals surface area contributed by atoms with E-state index in [1.165, 1.54) is 0 Å². The first-order chi connectivity index (χ1) is 7.00. The van der Waals surface area contributed by atoms with Gasteiger partial charge in [-0.25, -0.2) is 0 Å². The summed E-state index contributed by atoms with van der Waals surface area (Å²) in [7, 11) is 0. The average Bonchev–Trinajstić information content (AvgIpc) is 2.15. The second kappa shape index (κ2) is 5.39. The maximum absolute atomic E-state index is 11.2. The Balaban J connectivity index is 2.55. The number of carbonyl (C=O) groups is 1. The quantitative estimate of drug-likeness (QED) is 0.753. The molecule has 0 fully saturated rings. The van der Waals surface area contributed by atoms with Crippen molar-refractivity contribution in [2.45, 2.75) is 26.8 Å². The monoisotopic (exact) mass is 229 g/mol. The predicted octanol–water partition coefficient (Wildman–Crippen LogP) is 0.825. The van der Waals surface area contributed by atoms with Gasteiger partial charge in [0.1, 0.15) is 6.04 Å². The van der Waals surface area contributed by atoms with Crippen molar-refractivity contribution in [2.75, 3.05) is 12.3 Å². The smallest absolute Gasteiger partial charge is 0.240 e. The molecule has 1 aliphatic rings. The maximum Gasteiger partial charge on any atom is 0.240 e. The second-order valence-corrected chi connectivity index (χ2v) is 5.34. The van der Waals surface area contributed by atoms with Gasteiger partial charge in [0.15, 0.2) is 5.17 Å². The van der Waals surface area contributed by atoms with Gasteiger partial charge in [-0.1, -0.05) is 32.5 Å². The van der Waals surface area contributed by atoms with Gasteiger partial charge < -0.3 is 11.1 Å². The molecule has 3 N–H and O–H groups in total. The first kappa shape index (κ1) is 12.4. The Bertz CT molecular complexity index is 265. The Morgan fingerprint density at radius 3 is 2.73 bits per heavy atom. The van der Waals surface area contributed by atoms with Crippen molar-refractivity contribution in [1.29, 1.82) is 0 Å². The van der Waals surface area contributed by atoms with E-state index in [2.05, 4.69) is 17.2 Å². The molecule has 86 valence electrons. The molecule has 0 saturated carbocycles. The van der Waals surface area contributed by atoms with Crippen LogP contribution in [0.2, 0.25) is 0 Å². The fourth-order valence-corrected chi connectivity index (χ4v) is 2.27. The zero-order valence-electron chi connectivity index (χ0n) is 9.49. The Labute approximate surface area is 95.1 Å². The Kier molecular flexibility index (Phi) is 4.45. The summed E-state index contributed by atoms with van der Waals surface area (Å²) in [5, 5.41) is 3.97. The summed E-state index contributed by atoms with van der Waals surface area (Å²) >= 11 is 1.67. The highest BCUT2D eigenvalue weighted by Crippen LogP contribution is 2.16. The van der Waals surface area contributed by atoms with E-state index in [1.54, 1.807) is 11.8 Å². The lowest BCUT2D eigenvalue weighted by Crippen LogP contribution is -2.47. The number of rotatable bonds is 3. The molecule has 0 aromatic rings. The number of hydrogen-bond acceptors (Lipinski definition) is 4. The standard InChI is InChI=1S/C10H19N3OS/c1-6(2)8(9(11)14)13-10-12-4-7(3)5-15-10/h6-8H,4-5H2,1-3H3,(H2,11,14)(H,12,13). The van der Waals surface area contributed by atoms with E-state index < -0.39 is 0 Å². The molecular weight excluding hydrogens is 210 g/mol. The molecule has 1 heterocycles. The lowest BCUT2D eigenvalue weighted by Gasteiger charge is -2.24. The van der Waals surface area contributed by atoms with Crippen LogP contribution in [0.5, 0.6) is 0 Å². The van der Waals surface area contributed by atoms with Gasteiger partial charge in [-0.2, -0.15) is 0 Å². The van der Waals surface area contributed by atoms with Gasteiger partial charge in [0, 0.05) is 12.3 Å². The molecule has 0 saturated heterocycles. The normalized spacial score (nSPS) is 23.5. The number of nitrogens with one attached hydrogen (secondary N) is 1. The zero-order chi connectivity index (χ0) is 11.4. The molecule has 0 aromatic heterocycles. The van der Waals surface area contributed by atoms with E-state index in [0.717, 1.165) is 17.5 Å². The van der Waals surface area contributed by atoms with E-state index in [-0.39, 0.29) is 17.9 Å². The van der Waals surface area contributed by atoms with E-state index >= 15 is 0 Å². The molecule has 0 aliphatic carbocycles. The van der Waals surface area contributed by atoms with Crippen LogP contribution in [-0.4, -0.2) is 29.4 Å².